The molecule has 0 aliphatic heterocycles. The number of hydrogen-bond acceptors (Lipinski definition) is 5. The van der Waals surface area contributed by atoms with Crippen LogP contribution in [-0.4, -0.2) is 26.6 Å². The standard InChI is InChI=1S/C20H22N2O3S.C2H6/c1-5-24-16-9-6-13(2)10-19(16)26-21-20(23)18-11-14-7-8-15(22(3)4)12-17(14)25-18;1-2/h6-12H,5H2,1-4H3,(H,21,23);1-2H3. The van der Waals surface area contributed by atoms with E-state index < -0.39 is 0 Å². The Morgan fingerprint density at radius 1 is 1.14 bits per heavy atom. The van der Waals surface area contributed by atoms with Crippen molar-refractivity contribution < 1.29 is 13.9 Å². The Balaban J connectivity index is 0.00000136. The molecule has 1 N–H and O–H groups in total. The van der Waals surface area contributed by atoms with E-state index in [4.69, 9.17) is 9.15 Å². The van der Waals surface area contributed by atoms with Gasteiger partial charge < -0.3 is 14.1 Å². The summed E-state index contributed by atoms with van der Waals surface area (Å²) in [7, 11) is 3.93. The highest BCUT2D eigenvalue weighted by Gasteiger charge is 2.14. The molecule has 0 radical (unpaired) electrons. The molecule has 5 nitrogen and oxygen atoms in total. The Morgan fingerprint density at radius 2 is 1.89 bits per heavy atom. The number of carbonyl (C=O) groups excluding carboxylic acids is 1. The van der Waals surface area contributed by atoms with Gasteiger partial charge in [-0.15, -0.1) is 0 Å². The van der Waals surface area contributed by atoms with Gasteiger partial charge in [-0.25, -0.2) is 0 Å². The molecule has 3 rings (SSSR count). The van der Waals surface area contributed by atoms with Crippen molar-refractivity contribution in [2.75, 3.05) is 25.6 Å². The number of carbonyl (C=O) groups is 1. The van der Waals surface area contributed by atoms with E-state index in [9.17, 15) is 4.79 Å². The predicted molar refractivity (Wildman–Crippen MR) is 118 cm³/mol. The summed E-state index contributed by atoms with van der Waals surface area (Å²) < 4.78 is 14.2. The van der Waals surface area contributed by atoms with Gasteiger partial charge in [-0.05, 0) is 61.7 Å². The molecule has 0 aliphatic rings. The molecule has 2 aromatic carbocycles. The highest BCUT2D eigenvalue weighted by molar-refractivity contribution is 7.98. The summed E-state index contributed by atoms with van der Waals surface area (Å²) >= 11 is 1.23. The average molecular weight is 401 g/mol. The number of anilines is 1. The lowest BCUT2D eigenvalue weighted by Crippen LogP contribution is -2.15. The molecule has 150 valence electrons. The van der Waals surface area contributed by atoms with Crippen molar-refractivity contribution in [2.24, 2.45) is 0 Å². The van der Waals surface area contributed by atoms with Gasteiger partial charge >= 0.3 is 0 Å². The number of amides is 1. The molecule has 28 heavy (non-hydrogen) atoms. The van der Waals surface area contributed by atoms with E-state index in [1.807, 2.05) is 83.1 Å². The fourth-order valence-corrected chi connectivity index (χ4v) is 3.31. The van der Waals surface area contributed by atoms with Gasteiger partial charge in [0.25, 0.3) is 5.91 Å². The zero-order chi connectivity index (χ0) is 20.7. The third kappa shape index (κ3) is 5.23. The van der Waals surface area contributed by atoms with E-state index in [0.29, 0.717) is 12.2 Å². The quantitative estimate of drug-likeness (QED) is 0.540. The molecule has 0 aliphatic carbocycles. The van der Waals surface area contributed by atoms with Gasteiger partial charge in [-0.2, -0.15) is 0 Å². The van der Waals surface area contributed by atoms with Crippen LogP contribution in [0.5, 0.6) is 5.75 Å². The van der Waals surface area contributed by atoms with Gasteiger partial charge in [0.2, 0.25) is 0 Å². The molecule has 6 heteroatoms. The number of rotatable bonds is 6. The zero-order valence-electron chi connectivity index (χ0n) is 17.3. The number of furan rings is 1. The molecule has 0 bridgehead atoms. The third-order valence-electron chi connectivity index (χ3n) is 3.90. The maximum Gasteiger partial charge on any atom is 0.297 e. The van der Waals surface area contributed by atoms with Crippen molar-refractivity contribution in [1.29, 1.82) is 0 Å². The molecule has 0 saturated heterocycles. The van der Waals surface area contributed by atoms with E-state index >= 15 is 0 Å². The van der Waals surface area contributed by atoms with Crippen molar-refractivity contribution in [3.63, 3.8) is 0 Å². The Labute approximate surface area is 171 Å². The van der Waals surface area contributed by atoms with Crippen molar-refractivity contribution in [1.82, 2.24) is 4.72 Å². The maximum absolute atomic E-state index is 12.5. The second-order valence-corrected chi connectivity index (χ2v) is 6.99. The van der Waals surface area contributed by atoms with Crippen LogP contribution in [0.2, 0.25) is 0 Å². The van der Waals surface area contributed by atoms with Gasteiger partial charge in [-0.1, -0.05) is 19.9 Å². The van der Waals surface area contributed by atoms with Crippen LogP contribution in [0.15, 0.2) is 51.8 Å². The fourth-order valence-electron chi connectivity index (χ4n) is 2.53. The highest BCUT2D eigenvalue weighted by Crippen LogP contribution is 2.29. The number of benzene rings is 2. The van der Waals surface area contributed by atoms with E-state index in [1.54, 1.807) is 6.07 Å². The van der Waals surface area contributed by atoms with Crippen LogP contribution < -0.4 is 14.4 Å². The molecule has 0 unspecified atom stereocenters. The Hall–Kier alpha value is -2.60. The second-order valence-electron chi connectivity index (χ2n) is 6.14. The van der Waals surface area contributed by atoms with Crippen molar-refractivity contribution >= 4 is 34.5 Å². The summed E-state index contributed by atoms with van der Waals surface area (Å²) in [6.07, 6.45) is 0. The molecule has 1 aromatic heterocycles. The lowest BCUT2D eigenvalue weighted by Gasteiger charge is -2.11. The first-order chi connectivity index (χ1) is 13.5. The normalized spacial score (nSPS) is 10.2. The van der Waals surface area contributed by atoms with Crippen molar-refractivity contribution in [2.45, 2.75) is 32.6 Å². The smallest absolute Gasteiger partial charge is 0.297 e. The molecule has 0 saturated carbocycles. The first kappa shape index (κ1) is 21.7. The fraction of sp³-hybridized carbons (Fsp3) is 0.318. The highest BCUT2D eigenvalue weighted by atomic mass is 32.2. The topological polar surface area (TPSA) is 54.7 Å². The first-order valence-electron chi connectivity index (χ1n) is 9.39. The summed E-state index contributed by atoms with van der Waals surface area (Å²) in [5, 5.41) is 0.899. The maximum atomic E-state index is 12.5. The number of nitrogens with one attached hydrogen (secondary N) is 1. The largest absolute Gasteiger partial charge is 0.493 e. The van der Waals surface area contributed by atoms with E-state index in [2.05, 4.69) is 4.72 Å². The van der Waals surface area contributed by atoms with E-state index in [1.165, 1.54) is 11.9 Å². The van der Waals surface area contributed by atoms with Crippen LogP contribution in [0.1, 0.15) is 36.9 Å². The van der Waals surface area contributed by atoms with Crippen LogP contribution >= 0.6 is 11.9 Å². The van der Waals surface area contributed by atoms with Crippen LogP contribution in [0, 0.1) is 6.92 Å². The number of nitrogens with zero attached hydrogens (tertiary/aromatic N) is 1. The predicted octanol–water partition coefficient (Wildman–Crippen LogP) is 5.67. The van der Waals surface area contributed by atoms with E-state index in [-0.39, 0.29) is 11.7 Å². The summed E-state index contributed by atoms with van der Waals surface area (Å²) in [5.74, 6) is 0.763. The molecule has 0 spiro atoms. The molecule has 0 atom stereocenters. The first-order valence-corrected chi connectivity index (χ1v) is 10.2. The van der Waals surface area contributed by atoms with E-state index in [0.717, 1.165) is 27.3 Å². The summed E-state index contributed by atoms with van der Waals surface area (Å²) in [4.78, 5) is 15.3. The van der Waals surface area contributed by atoms with Gasteiger partial charge in [0, 0.05) is 31.2 Å². The van der Waals surface area contributed by atoms with Gasteiger partial charge in [0.05, 0.1) is 11.5 Å². The molecular formula is C22H28N2O3S. The summed E-state index contributed by atoms with van der Waals surface area (Å²) in [6.45, 7) is 8.51. The van der Waals surface area contributed by atoms with Crippen molar-refractivity contribution in [3.8, 4) is 5.75 Å². The molecule has 1 heterocycles. The lowest BCUT2D eigenvalue weighted by molar-refractivity contribution is 0.0959. The second kappa shape index (κ2) is 10.1. The van der Waals surface area contributed by atoms with Crippen molar-refractivity contribution in [3.05, 3.63) is 53.8 Å². The minimum absolute atomic E-state index is 0.276. The Morgan fingerprint density at radius 3 is 2.57 bits per heavy atom. The summed E-state index contributed by atoms with van der Waals surface area (Å²) in [5.41, 5.74) is 2.82. The SMILES string of the molecule is CC.CCOc1ccc(C)cc1SNC(=O)c1cc2ccc(N(C)C)cc2o1. The van der Waals surface area contributed by atoms with Crippen LogP contribution in [0.25, 0.3) is 11.0 Å². The third-order valence-corrected chi connectivity index (χ3v) is 4.72. The lowest BCUT2D eigenvalue weighted by atomic mass is 10.2. The van der Waals surface area contributed by atoms with Gasteiger partial charge in [-0.3, -0.25) is 9.52 Å². The van der Waals surface area contributed by atoms with Gasteiger partial charge in [0.1, 0.15) is 11.3 Å². The monoisotopic (exact) mass is 400 g/mol. The average Bonchev–Trinajstić information content (AvgIpc) is 3.13. The minimum Gasteiger partial charge on any atom is -0.493 e. The Bertz CT molecular complexity index is 935. The van der Waals surface area contributed by atoms with Crippen LogP contribution in [-0.2, 0) is 0 Å². The van der Waals surface area contributed by atoms with Crippen LogP contribution in [0.3, 0.4) is 0 Å². The number of hydrogen-bond donors (Lipinski definition) is 1. The number of fused-ring (bicyclic) bond motifs is 1. The minimum atomic E-state index is -0.276. The number of aryl methyl sites for hydroxylation is 1. The molecular weight excluding hydrogens is 372 g/mol. The molecule has 3 aromatic rings. The zero-order valence-corrected chi connectivity index (χ0v) is 18.1. The van der Waals surface area contributed by atoms with Gasteiger partial charge in [0.15, 0.2) is 5.76 Å². The number of ether oxygens (including phenoxy) is 1. The van der Waals surface area contributed by atoms with Crippen LogP contribution in [0.4, 0.5) is 5.69 Å². The molecule has 1 amide bonds. The molecule has 0 fully saturated rings. The Kier molecular flexibility index (Phi) is 7.81. The summed E-state index contributed by atoms with van der Waals surface area (Å²) in [6, 6.07) is 13.5.